The van der Waals surface area contributed by atoms with Gasteiger partial charge in [-0.05, 0) is 55.2 Å². The van der Waals surface area contributed by atoms with Crippen LogP contribution in [0.4, 0.5) is 0 Å². The third-order valence-electron chi connectivity index (χ3n) is 4.73. The molecule has 1 unspecified atom stereocenters. The van der Waals surface area contributed by atoms with Gasteiger partial charge in [-0.15, -0.1) is 0 Å². The Labute approximate surface area is 170 Å². The number of aryl methyl sites for hydroxylation is 3. The Morgan fingerprint density at radius 1 is 1.04 bits per heavy atom. The maximum absolute atomic E-state index is 10.2. The van der Waals surface area contributed by atoms with E-state index in [1.54, 1.807) is 0 Å². The van der Waals surface area contributed by atoms with Crippen LogP contribution in [-0.4, -0.2) is 10.1 Å². The highest BCUT2D eigenvalue weighted by Crippen LogP contribution is 2.41. The second kappa shape index (κ2) is 8.33. The number of aliphatic hydroxyl groups is 1. The highest BCUT2D eigenvalue weighted by atomic mass is 32.2. The van der Waals surface area contributed by atoms with Crippen LogP contribution in [0.2, 0.25) is 0 Å². The number of rotatable bonds is 5. The van der Waals surface area contributed by atoms with Gasteiger partial charge in [-0.3, -0.25) is 0 Å². The van der Waals surface area contributed by atoms with Crippen LogP contribution in [0, 0.1) is 32.1 Å². The summed E-state index contributed by atoms with van der Waals surface area (Å²) in [4.78, 5) is 4.78. The molecule has 3 rings (SSSR count). The SMILES string of the molecule is C=C(O)C(Sc1nc(-c2ccc(C)c(C)c2)cc(C)c1C#N)c1ccccc1. The maximum atomic E-state index is 10.2. The van der Waals surface area contributed by atoms with E-state index in [9.17, 15) is 10.4 Å². The minimum atomic E-state index is -0.393. The van der Waals surface area contributed by atoms with Gasteiger partial charge in [-0.25, -0.2) is 4.98 Å². The summed E-state index contributed by atoms with van der Waals surface area (Å²) in [6.45, 7) is 9.80. The van der Waals surface area contributed by atoms with Crippen LogP contribution in [0.5, 0.6) is 0 Å². The Bertz CT molecular complexity index is 1070. The molecule has 0 saturated carbocycles. The summed E-state index contributed by atoms with van der Waals surface area (Å²) in [5.74, 6) is 0.0381. The first-order valence-electron chi connectivity index (χ1n) is 8.99. The summed E-state index contributed by atoms with van der Waals surface area (Å²) in [6.07, 6.45) is 0. The Balaban J connectivity index is 2.08. The third kappa shape index (κ3) is 4.11. The molecule has 0 spiro atoms. The van der Waals surface area contributed by atoms with Gasteiger partial charge in [0.05, 0.1) is 16.5 Å². The second-order valence-corrected chi connectivity index (χ2v) is 7.91. The number of nitrogens with zero attached hydrogens (tertiary/aromatic N) is 2. The van der Waals surface area contributed by atoms with Gasteiger partial charge in [0.15, 0.2) is 0 Å². The van der Waals surface area contributed by atoms with Crippen LogP contribution in [0.25, 0.3) is 11.3 Å². The van der Waals surface area contributed by atoms with E-state index >= 15 is 0 Å². The standard InChI is InChI=1S/C24H22N2OS/c1-15-10-11-20(12-16(15)2)22-13-17(3)21(14-25)24(26-22)28-23(18(4)27)19-8-6-5-7-9-19/h5-13,23,27H,4H2,1-3H3. The van der Waals surface area contributed by atoms with Crippen molar-refractivity contribution in [3.05, 3.63) is 94.8 Å². The number of aliphatic hydroxyl groups excluding tert-OH is 1. The fourth-order valence-corrected chi connectivity index (χ4v) is 4.11. The Hall–Kier alpha value is -3.03. The van der Waals surface area contributed by atoms with Crippen molar-refractivity contribution in [1.29, 1.82) is 5.26 Å². The van der Waals surface area contributed by atoms with Crippen molar-refractivity contribution in [1.82, 2.24) is 4.98 Å². The predicted molar refractivity (Wildman–Crippen MR) is 115 cm³/mol. The van der Waals surface area contributed by atoms with E-state index < -0.39 is 5.25 Å². The number of pyridine rings is 1. The quantitative estimate of drug-likeness (QED) is 0.404. The lowest BCUT2D eigenvalue weighted by Crippen LogP contribution is -2.01. The average Bonchev–Trinajstić information content (AvgIpc) is 2.68. The van der Waals surface area contributed by atoms with E-state index in [-0.39, 0.29) is 5.76 Å². The molecule has 1 aromatic heterocycles. The van der Waals surface area contributed by atoms with E-state index in [4.69, 9.17) is 4.98 Å². The monoisotopic (exact) mass is 386 g/mol. The first-order chi connectivity index (χ1) is 13.4. The molecule has 2 aromatic carbocycles. The van der Waals surface area contributed by atoms with E-state index in [0.717, 1.165) is 22.4 Å². The molecule has 0 amide bonds. The van der Waals surface area contributed by atoms with Crippen LogP contribution in [0.3, 0.4) is 0 Å². The molecule has 0 radical (unpaired) electrons. The number of nitriles is 1. The number of hydrogen-bond donors (Lipinski definition) is 1. The fourth-order valence-electron chi connectivity index (χ4n) is 2.98. The molecule has 0 fully saturated rings. The van der Waals surface area contributed by atoms with E-state index in [0.29, 0.717) is 10.6 Å². The molecule has 0 aliphatic carbocycles. The minimum absolute atomic E-state index is 0.0381. The summed E-state index contributed by atoms with van der Waals surface area (Å²) in [7, 11) is 0. The van der Waals surface area contributed by atoms with Gasteiger partial charge < -0.3 is 5.11 Å². The summed E-state index contributed by atoms with van der Waals surface area (Å²) >= 11 is 1.35. The fraction of sp³-hybridized carbons (Fsp3) is 0.167. The zero-order valence-corrected chi connectivity index (χ0v) is 17.0. The smallest absolute Gasteiger partial charge is 0.116 e. The third-order valence-corrected chi connectivity index (χ3v) is 6.03. The molecule has 1 atom stereocenters. The predicted octanol–water partition coefficient (Wildman–Crippen LogP) is 6.45. The topological polar surface area (TPSA) is 56.9 Å². The maximum Gasteiger partial charge on any atom is 0.116 e. The lowest BCUT2D eigenvalue weighted by Gasteiger charge is -2.17. The summed E-state index contributed by atoms with van der Waals surface area (Å²) in [5, 5.41) is 20.1. The van der Waals surface area contributed by atoms with Crippen LogP contribution in [0.1, 0.15) is 33.1 Å². The van der Waals surface area contributed by atoms with Crippen molar-refractivity contribution in [2.75, 3.05) is 0 Å². The first-order valence-corrected chi connectivity index (χ1v) is 9.87. The summed E-state index contributed by atoms with van der Waals surface area (Å²) in [6, 6.07) is 20.1. The van der Waals surface area contributed by atoms with E-state index in [1.165, 1.54) is 22.9 Å². The Morgan fingerprint density at radius 3 is 2.36 bits per heavy atom. The van der Waals surface area contributed by atoms with Crippen molar-refractivity contribution >= 4 is 11.8 Å². The van der Waals surface area contributed by atoms with Crippen molar-refractivity contribution in [2.45, 2.75) is 31.0 Å². The van der Waals surface area contributed by atoms with Gasteiger partial charge in [0.25, 0.3) is 0 Å². The summed E-state index contributed by atoms with van der Waals surface area (Å²) in [5.41, 5.74) is 6.56. The van der Waals surface area contributed by atoms with Crippen LogP contribution >= 0.6 is 11.8 Å². The molecule has 3 nitrogen and oxygen atoms in total. The van der Waals surface area contributed by atoms with Crippen LogP contribution in [0.15, 0.2) is 72.0 Å². The highest BCUT2D eigenvalue weighted by Gasteiger charge is 2.21. The molecule has 140 valence electrons. The van der Waals surface area contributed by atoms with Gasteiger partial charge in [0, 0.05) is 5.56 Å². The van der Waals surface area contributed by atoms with Crippen molar-refractivity contribution in [3.63, 3.8) is 0 Å². The molecule has 28 heavy (non-hydrogen) atoms. The molecular formula is C24H22N2OS. The van der Waals surface area contributed by atoms with E-state index in [2.05, 4.69) is 38.6 Å². The normalized spacial score (nSPS) is 11.6. The van der Waals surface area contributed by atoms with Gasteiger partial charge in [0.2, 0.25) is 0 Å². The Kier molecular flexibility index (Phi) is 5.87. The van der Waals surface area contributed by atoms with E-state index in [1.807, 2.05) is 49.4 Å². The van der Waals surface area contributed by atoms with Crippen LogP contribution < -0.4 is 0 Å². The number of thioether (sulfide) groups is 1. The van der Waals surface area contributed by atoms with Crippen molar-refractivity contribution in [3.8, 4) is 17.3 Å². The molecule has 3 aromatic rings. The number of benzene rings is 2. The molecule has 1 heterocycles. The van der Waals surface area contributed by atoms with Gasteiger partial charge in [-0.2, -0.15) is 5.26 Å². The van der Waals surface area contributed by atoms with Crippen molar-refractivity contribution < 1.29 is 5.11 Å². The van der Waals surface area contributed by atoms with Crippen molar-refractivity contribution in [2.24, 2.45) is 0 Å². The van der Waals surface area contributed by atoms with Gasteiger partial charge in [-0.1, -0.05) is 60.8 Å². The number of hydrogen-bond acceptors (Lipinski definition) is 4. The lowest BCUT2D eigenvalue weighted by atomic mass is 10.0. The zero-order valence-electron chi connectivity index (χ0n) is 16.2. The first kappa shape index (κ1) is 19.7. The molecule has 0 aliphatic rings. The molecule has 4 heteroatoms. The largest absolute Gasteiger partial charge is 0.511 e. The number of aromatic nitrogens is 1. The zero-order chi connectivity index (χ0) is 20.3. The summed E-state index contributed by atoms with van der Waals surface area (Å²) < 4.78 is 0. The second-order valence-electron chi connectivity index (χ2n) is 6.82. The Morgan fingerprint density at radius 2 is 1.75 bits per heavy atom. The highest BCUT2D eigenvalue weighted by molar-refractivity contribution is 7.99. The van der Waals surface area contributed by atoms with Gasteiger partial charge in [0.1, 0.15) is 16.9 Å². The average molecular weight is 387 g/mol. The molecule has 1 N–H and O–H groups in total. The molecular weight excluding hydrogens is 364 g/mol. The van der Waals surface area contributed by atoms with Crippen LogP contribution in [-0.2, 0) is 0 Å². The molecule has 0 bridgehead atoms. The van der Waals surface area contributed by atoms with Gasteiger partial charge >= 0.3 is 0 Å². The molecule has 0 aliphatic heterocycles. The minimum Gasteiger partial charge on any atom is -0.511 e. The lowest BCUT2D eigenvalue weighted by molar-refractivity contribution is 0.398. The molecule has 0 saturated heterocycles.